The van der Waals surface area contributed by atoms with Gasteiger partial charge < -0.3 is 9.97 Å². The zero-order chi connectivity index (χ0) is 35.3. The van der Waals surface area contributed by atoms with Crippen LogP contribution in [0.15, 0.2) is 139 Å². The summed E-state index contributed by atoms with van der Waals surface area (Å²) in [5, 5.41) is 0. The molecule has 254 valence electrons. The van der Waals surface area contributed by atoms with E-state index in [1.54, 1.807) is 0 Å². The molecule has 7 aromatic rings. The van der Waals surface area contributed by atoms with Gasteiger partial charge in [-0.25, -0.2) is 0 Å². The van der Waals surface area contributed by atoms with Gasteiger partial charge in [0.15, 0.2) is 0 Å². The third kappa shape index (κ3) is 6.44. The summed E-state index contributed by atoms with van der Waals surface area (Å²) in [5.41, 5.74) is 17.4. The van der Waals surface area contributed by atoms with E-state index in [0.29, 0.717) is 0 Å². The van der Waals surface area contributed by atoms with Gasteiger partial charge in [-0.3, -0.25) is 9.97 Å². The molecule has 0 fully saturated rings. The predicted octanol–water partition coefficient (Wildman–Crippen LogP) is 13.6. The van der Waals surface area contributed by atoms with Crippen LogP contribution >= 0.6 is 63.7 Å². The van der Waals surface area contributed by atoms with Gasteiger partial charge in [-0.15, -0.1) is 0 Å². The number of halogens is 4. The number of nitrogens with one attached hydrogen (secondary N) is 2. The van der Waals surface area contributed by atoms with Gasteiger partial charge >= 0.3 is 0 Å². The lowest BCUT2D eigenvalue weighted by Gasteiger charge is -2.07. The van der Waals surface area contributed by atoms with Gasteiger partial charge in [0.2, 0.25) is 0 Å². The fourth-order valence-electron chi connectivity index (χ4n) is 7.50. The van der Waals surface area contributed by atoms with Crippen molar-refractivity contribution >= 4 is 85.8 Å². The van der Waals surface area contributed by atoms with Crippen molar-refractivity contribution in [2.45, 2.75) is 25.7 Å². The molecule has 8 heteroatoms. The van der Waals surface area contributed by atoms with Crippen molar-refractivity contribution < 1.29 is 0 Å². The maximum Gasteiger partial charge on any atom is 0.0510 e. The van der Waals surface area contributed by atoms with E-state index in [1.807, 2.05) is 0 Å². The Hall–Kier alpha value is -4.08. The topological polar surface area (TPSA) is 57.4 Å². The summed E-state index contributed by atoms with van der Waals surface area (Å²) >= 11 is 14.6. The number of H-pyrrole nitrogens is 2. The first-order valence-corrected chi connectivity index (χ1v) is 20.3. The van der Waals surface area contributed by atoms with Crippen LogP contribution in [-0.4, -0.2) is 19.9 Å². The molecular weight excluding hydrogens is 904 g/mol. The first-order chi connectivity index (χ1) is 25.4. The van der Waals surface area contributed by atoms with E-state index in [0.717, 1.165) is 133 Å². The molecule has 0 amide bonds. The molecule has 0 saturated heterocycles. The van der Waals surface area contributed by atoms with Crippen LogP contribution < -0.4 is 0 Å². The molecule has 3 aromatic heterocycles. The van der Waals surface area contributed by atoms with Crippen LogP contribution in [0, 0.1) is 0 Å². The summed E-state index contributed by atoms with van der Waals surface area (Å²) in [6, 6.07) is 43.1. The summed E-state index contributed by atoms with van der Waals surface area (Å²) in [7, 11) is 0. The molecule has 4 aromatic carbocycles. The average molecular weight is 934 g/mol. The standard InChI is InChI=1S/C44H30Br4N4/c45-29-9-1-25(2-10-29)41-33-17-19-35(49-33)42(26-3-11-30(46)12-4-26)37-21-23-39(51-37)44(28-7-15-32(48)16-8-28)40-24-22-38(52-40)43(36-20-18-34(41)50-36)27-5-13-31(47)14-6-27/h1-17,19,22,24,49,52H,18,20-21,23H2. The minimum atomic E-state index is 0.826. The monoisotopic (exact) mass is 930 g/mol. The van der Waals surface area contributed by atoms with E-state index in [1.165, 1.54) is 0 Å². The minimum absolute atomic E-state index is 0.826. The molecule has 0 radical (unpaired) electrons. The summed E-state index contributed by atoms with van der Waals surface area (Å²) in [5.74, 6) is 0. The van der Waals surface area contributed by atoms with Crippen LogP contribution in [-0.2, 0) is 25.7 Å². The van der Waals surface area contributed by atoms with Gasteiger partial charge in [0.1, 0.15) is 0 Å². The number of rotatable bonds is 4. The molecule has 0 atom stereocenters. The molecular formula is C44H30Br4N4. The maximum atomic E-state index is 5.50. The number of nitrogens with zero attached hydrogens (tertiary/aromatic N) is 2. The second-order valence-corrected chi connectivity index (χ2v) is 16.8. The number of aryl methyl sites for hydroxylation is 4. The fourth-order valence-corrected chi connectivity index (χ4v) is 8.55. The number of hydrogen-bond acceptors (Lipinski definition) is 2. The maximum absolute atomic E-state index is 5.50. The molecule has 0 spiro atoms. The Balaban J connectivity index is 1.46. The molecule has 0 unspecified atom stereocenters. The second-order valence-electron chi connectivity index (χ2n) is 13.1. The zero-order valence-electron chi connectivity index (χ0n) is 27.8. The Kier molecular flexibility index (Phi) is 9.11. The molecule has 52 heavy (non-hydrogen) atoms. The highest BCUT2D eigenvalue weighted by atomic mass is 79.9. The van der Waals surface area contributed by atoms with Crippen molar-refractivity contribution in [3.63, 3.8) is 0 Å². The van der Waals surface area contributed by atoms with Gasteiger partial charge in [0.05, 0.1) is 22.8 Å². The molecule has 0 saturated carbocycles. The number of aromatic nitrogens is 4. The van der Waals surface area contributed by atoms with Crippen LogP contribution in [0.2, 0.25) is 0 Å². The number of hydrogen-bond donors (Lipinski definition) is 2. The van der Waals surface area contributed by atoms with Crippen molar-refractivity contribution in [2.24, 2.45) is 0 Å². The molecule has 2 aliphatic rings. The average Bonchev–Trinajstić information content (AvgIpc) is 3.99. The van der Waals surface area contributed by atoms with E-state index in [4.69, 9.17) is 9.97 Å². The molecule has 2 N–H and O–H groups in total. The summed E-state index contributed by atoms with van der Waals surface area (Å²) in [4.78, 5) is 18.8. The first kappa shape index (κ1) is 33.7. The number of benzene rings is 4. The zero-order valence-corrected chi connectivity index (χ0v) is 34.1. The van der Waals surface area contributed by atoms with Crippen molar-refractivity contribution in [3.8, 4) is 44.5 Å². The lowest BCUT2D eigenvalue weighted by atomic mass is 10.0. The number of fused-ring (bicyclic) bond motifs is 8. The van der Waals surface area contributed by atoms with Crippen molar-refractivity contribution in [1.29, 1.82) is 0 Å². The Labute approximate surface area is 335 Å². The van der Waals surface area contributed by atoms with E-state index in [-0.39, 0.29) is 0 Å². The Morgan fingerprint density at radius 1 is 0.308 bits per heavy atom. The van der Waals surface area contributed by atoms with E-state index in [9.17, 15) is 0 Å². The smallest absolute Gasteiger partial charge is 0.0510 e. The lowest BCUT2D eigenvalue weighted by molar-refractivity contribution is 1.03. The number of aromatic amines is 2. The van der Waals surface area contributed by atoms with Crippen LogP contribution in [0.3, 0.4) is 0 Å². The third-order valence-electron chi connectivity index (χ3n) is 9.87. The van der Waals surface area contributed by atoms with Gasteiger partial charge in [-0.05, 0) is 121 Å². The van der Waals surface area contributed by atoms with E-state index >= 15 is 0 Å². The van der Waals surface area contributed by atoms with Crippen LogP contribution in [0.1, 0.15) is 22.8 Å². The normalized spacial score (nSPS) is 12.7. The molecule has 2 aliphatic heterocycles. The second kappa shape index (κ2) is 14.0. The first-order valence-electron chi connectivity index (χ1n) is 17.2. The minimum Gasteiger partial charge on any atom is -0.354 e. The molecule has 8 bridgehead atoms. The van der Waals surface area contributed by atoms with Crippen LogP contribution in [0.25, 0.3) is 66.6 Å². The van der Waals surface area contributed by atoms with Gasteiger partial charge in [-0.1, -0.05) is 112 Å². The van der Waals surface area contributed by atoms with Gasteiger partial charge in [-0.2, -0.15) is 0 Å². The van der Waals surface area contributed by atoms with E-state index < -0.39 is 0 Å². The van der Waals surface area contributed by atoms with Gasteiger partial charge in [0.25, 0.3) is 0 Å². The van der Waals surface area contributed by atoms with E-state index in [2.05, 4.69) is 195 Å². The highest BCUT2D eigenvalue weighted by Crippen LogP contribution is 2.39. The lowest BCUT2D eigenvalue weighted by Crippen LogP contribution is -1.90. The predicted molar refractivity (Wildman–Crippen MR) is 228 cm³/mol. The highest BCUT2D eigenvalue weighted by Gasteiger charge is 2.22. The summed E-state index contributed by atoms with van der Waals surface area (Å²) in [6.45, 7) is 0. The molecule has 5 heterocycles. The molecule has 9 rings (SSSR count). The van der Waals surface area contributed by atoms with Crippen LogP contribution in [0.5, 0.6) is 0 Å². The highest BCUT2D eigenvalue weighted by molar-refractivity contribution is 9.11. The van der Waals surface area contributed by atoms with Crippen molar-refractivity contribution in [3.05, 3.63) is 162 Å². The Bertz CT molecular complexity index is 2280. The Morgan fingerprint density at radius 3 is 0.731 bits per heavy atom. The van der Waals surface area contributed by atoms with Crippen molar-refractivity contribution in [2.75, 3.05) is 0 Å². The largest absolute Gasteiger partial charge is 0.354 e. The van der Waals surface area contributed by atoms with Gasteiger partial charge in [0, 0.05) is 62.2 Å². The quantitative estimate of drug-likeness (QED) is 0.185. The Morgan fingerprint density at radius 2 is 0.519 bits per heavy atom. The third-order valence-corrected chi connectivity index (χ3v) is 12.0. The van der Waals surface area contributed by atoms with Crippen molar-refractivity contribution in [1.82, 2.24) is 19.9 Å². The molecule has 0 aliphatic carbocycles. The molecule has 4 nitrogen and oxygen atoms in total. The SMILES string of the molecule is Brc1ccc(-c2c3nc(c(-c4ccc(Br)cc4)c4ccc([nH]4)c(-c4ccc(Br)cc4)c4nc(c(-c5ccc(Br)cc5)c5ccc2[nH]5)CC4)CC3)cc1. The summed E-state index contributed by atoms with van der Waals surface area (Å²) in [6.07, 6.45) is 3.31. The van der Waals surface area contributed by atoms with Crippen LogP contribution in [0.4, 0.5) is 0 Å². The fraction of sp³-hybridized carbons (Fsp3) is 0.0909. The summed E-state index contributed by atoms with van der Waals surface area (Å²) < 4.78 is 4.18.